The summed E-state index contributed by atoms with van der Waals surface area (Å²) in [6.45, 7) is 0.424. The molecule has 1 fully saturated rings. The number of nitrogens with two attached hydrogens (primary N) is 1. The van der Waals surface area contributed by atoms with Crippen LogP contribution in [0.3, 0.4) is 0 Å². The molecule has 0 aliphatic heterocycles. The zero-order valence-corrected chi connectivity index (χ0v) is 12.3. The molecule has 0 radical (unpaired) electrons. The van der Waals surface area contributed by atoms with Gasteiger partial charge in [-0.15, -0.1) is 0 Å². The standard InChI is InChI=1S/C16H25NO3/c1-19-13-6-4-12(5-7-13)14(11-17)15(18)10-16(20-2)8-3-9-16/h4-7,14-15,18H,3,8-11,17H2,1-2H3. The van der Waals surface area contributed by atoms with Crippen LogP contribution in [0.25, 0.3) is 0 Å². The molecular weight excluding hydrogens is 254 g/mol. The second-order valence-corrected chi connectivity index (χ2v) is 5.63. The van der Waals surface area contributed by atoms with E-state index in [4.69, 9.17) is 15.2 Å². The summed E-state index contributed by atoms with van der Waals surface area (Å²) < 4.78 is 10.7. The van der Waals surface area contributed by atoms with Crippen molar-refractivity contribution in [1.82, 2.24) is 0 Å². The highest BCUT2D eigenvalue weighted by Gasteiger charge is 2.40. The maximum atomic E-state index is 10.5. The molecule has 3 N–H and O–H groups in total. The zero-order valence-electron chi connectivity index (χ0n) is 12.3. The first-order valence-electron chi connectivity index (χ1n) is 7.21. The van der Waals surface area contributed by atoms with Gasteiger partial charge in [0.25, 0.3) is 0 Å². The predicted molar refractivity (Wildman–Crippen MR) is 79.0 cm³/mol. The van der Waals surface area contributed by atoms with E-state index in [1.54, 1.807) is 14.2 Å². The molecule has 0 heterocycles. The van der Waals surface area contributed by atoms with Crippen molar-refractivity contribution in [2.45, 2.75) is 43.3 Å². The van der Waals surface area contributed by atoms with E-state index >= 15 is 0 Å². The molecule has 112 valence electrons. The van der Waals surface area contributed by atoms with Crippen molar-refractivity contribution in [3.05, 3.63) is 29.8 Å². The van der Waals surface area contributed by atoms with Crippen LogP contribution in [0.15, 0.2) is 24.3 Å². The van der Waals surface area contributed by atoms with Crippen LogP contribution in [0.5, 0.6) is 5.75 Å². The summed E-state index contributed by atoms with van der Waals surface area (Å²) in [7, 11) is 3.37. The second kappa shape index (κ2) is 6.57. The van der Waals surface area contributed by atoms with Crippen LogP contribution in [0.2, 0.25) is 0 Å². The van der Waals surface area contributed by atoms with Gasteiger partial charge in [0.1, 0.15) is 5.75 Å². The lowest BCUT2D eigenvalue weighted by Gasteiger charge is -2.43. The Hall–Kier alpha value is -1.10. The number of aliphatic hydroxyl groups is 1. The molecule has 1 aromatic rings. The highest BCUT2D eigenvalue weighted by Crippen LogP contribution is 2.40. The Morgan fingerprint density at radius 1 is 1.25 bits per heavy atom. The third-order valence-corrected chi connectivity index (χ3v) is 4.54. The summed E-state index contributed by atoms with van der Waals surface area (Å²) in [6, 6.07) is 7.75. The molecule has 4 heteroatoms. The van der Waals surface area contributed by atoms with Gasteiger partial charge in [-0.1, -0.05) is 12.1 Å². The average Bonchev–Trinajstić information content (AvgIpc) is 2.44. The number of rotatable bonds is 7. The molecule has 0 amide bonds. The van der Waals surface area contributed by atoms with Crippen LogP contribution >= 0.6 is 0 Å². The van der Waals surface area contributed by atoms with Crippen LogP contribution in [-0.4, -0.2) is 37.6 Å². The van der Waals surface area contributed by atoms with Crippen LogP contribution in [-0.2, 0) is 4.74 Å². The molecule has 1 saturated carbocycles. The molecule has 20 heavy (non-hydrogen) atoms. The Balaban J connectivity index is 2.06. The summed E-state index contributed by atoms with van der Waals surface area (Å²) in [5, 5.41) is 10.5. The van der Waals surface area contributed by atoms with Gasteiger partial charge in [0.05, 0.1) is 18.8 Å². The van der Waals surface area contributed by atoms with Gasteiger partial charge in [-0.2, -0.15) is 0 Å². The Kier molecular flexibility index (Phi) is 5.02. The highest BCUT2D eigenvalue weighted by molar-refractivity contribution is 5.30. The van der Waals surface area contributed by atoms with Crippen molar-refractivity contribution in [3.63, 3.8) is 0 Å². The fraction of sp³-hybridized carbons (Fsp3) is 0.625. The molecule has 1 aromatic carbocycles. The minimum Gasteiger partial charge on any atom is -0.497 e. The molecule has 4 nitrogen and oxygen atoms in total. The van der Waals surface area contributed by atoms with Gasteiger partial charge in [-0.05, 0) is 37.0 Å². The summed E-state index contributed by atoms with van der Waals surface area (Å²) in [5.74, 6) is 0.750. The van der Waals surface area contributed by atoms with Crippen LogP contribution in [0, 0.1) is 0 Å². The Labute approximate surface area is 120 Å². The van der Waals surface area contributed by atoms with Crippen molar-refractivity contribution in [2.24, 2.45) is 5.73 Å². The summed E-state index contributed by atoms with van der Waals surface area (Å²) >= 11 is 0. The fourth-order valence-corrected chi connectivity index (χ4v) is 2.95. The van der Waals surface area contributed by atoms with Crippen LogP contribution < -0.4 is 10.5 Å². The molecule has 1 aliphatic rings. The van der Waals surface area contributed by atoms with Crippen molar-refractivity contribution in [2.75, 3.05) is 20.8 Å². The van der Waals surface area contributed by atoms with Crippen molar-refractivity contribution >= 4 is 0 Å². The fourth-order valence-electron chi connectivity index (χ4n) is 2.95. The minimum atomic E-state index is -0.478. The molecule has 0 bridgehead atoms. The summed E-state index contributed by atoms with van der Waals surface area (Å²) in [5.41, 5.74) is 6.77. The van der Waals surface area contributed by atoms with E-state index in [1.165, 1.54) is 6.42 Å². The number of benzene rings is 1. The monoisotopic (exact) mass is 279 g/mol. The first kappa shape index (κ1) is 15.3. The number of hydrogen-bond donors (Lipinski definition) is 2. The van der Waals surface area contributed by atoms with Gasteiger partial charge in [-0.25, -0.2) is 0 Å². The van der Waals surface area contributed by atoms with Gasteiger partial charge in [0.2, 0.25) is 0 Å². The molecule has 2 unspecified atom stereocenters. The first-order valence-corrected chi connectivity index (χ1v) is 7.21. The van der Waals surface area contributed by atoms with E-state index in [2.05, 4.69) is 0 Å². The molecule has 0 aromatic heterocycles. The van der Waals surface area contributed by atoms with E-state index in [1.807, 2.05) is 24.3 Å². The maximum Gasteiger partial charge on any atom is 0.118 e. The lowest BCUT2D eigenvalue weighted by atomic mass is 9.73. The SMILES string of the molecule is COc1ccc(C(CN)C(O)CC2(OC)CCC2)cc1. The van der Waals surface area contributed by atoms with Crippen LogP contribution in [0.4, 0.5) is 0 Å². The van der Waals surface area contributed by atoms with E-state index in [0.717, 1.165) is 24.2 Å². The topological polar surface area (TPSA) is 64.7 Å². The molecule has 2 atom stereocenters. The largest absolute Gasteiger partial charge is 0.497 e. The smallest absolute Gasteiger partial charge is 0.118 e. The number of hydrogen-bond acceptors (Lipinski definition) is 4. The van der Waals surface area contributed by atoms with Gasteiger partial charge in [0.15, 0.2) is 0 Å². The van der Waals surface area contributed by atoms with Crippen LogP contribution in [0.1, 0.15) is 37.2 Å². The molecule has 2 rings (SSSR count). The number of ether oxygens (including phenoxy) is 2. The molecule has 0 spiro atoms. The minimum absolute atomic E-state index is 0.0615. The normalized spacial score (nSPS) is 20.0. The number of methoxy groups -OCH3 is 2. The molecule has 1 aliphatic carbocycles. The van der Waals surface area contributed by atoms with Gasteiger partial charge in [-0.3, -0.25) is 0 Å². The predicted octanol–water partition coefficient (Wildman–Crippen LogP) is 2.06. The quantitative estimate of drug-likeness (QED) is 0.802. The zero-order chi connectivity index (χ0) is 14.6. The van der Waals surface area contributed by atoms with E-state index in [-0.39, 0.29) is 11.5 Å². The Bertz CT molecular complexity index is 409. The Morgan fingerprint density at radius 2 is 1.90 bits per heavy atom. The van der Waals surface area contributed by atoms with E-state index in [0.29, 0.717) is 13.0 Å². The molecular formula is C16H25NO3. The lowest BCUT2D eigenvalue weighted by molar-refractivity contribution is -0.102. The maximum absolute atomic E-state index is 10.5. The first-order chi connectivity index (χ1) is 9.64. The number of aliphatic hydroxyl groups excluding tert-OH is 1. The second-order valence-electron chi connectivity index (χ2n) is 5.63. The third kappa shape index (κ3) is 3.14. The van der Waals surface area contributed by atoms with Crippen molar-refractivity contribution in [3.8, 4) is 5.75 Å². The summed E-state index contributed by atoms with van der Waals surface area (Å²) in [6.07, 6.45) is 3.41. The summed E-state index contributed by atoms with van der Waals surface area (Å²) in [4.78, 5) is 0. The molecule has 0 saturated heterocycles. The van der Waals surface area contributed by atoms with Crippen molar-refractivity contribution < 1.29 is 14.6 Å². The van der Waals surface area contributed by atoms with Gasteiger partial charge < -0.3 is 20.3 Å². The van der Waals surface area contributed by atoms with Gasteiger partial charge >= 0.3 is 0 Å². The van der Waals surface area contributed by atoms with Crippen molar-refractivity contribution in [1.29, 1.82) is 0 Å². The Morgan fingerprint density at radius 3 is 2.30 bits per heavy atom. The van der Waals surface area contributed by atoms with Gasteiger partial charge in [0, 0.05) is 26.0 Å². The lowest BCUT2D eigenvalue weighted by Crippen LogP contribution is -2.44. The highest BCUT2D eigenvalue weighted by atomic mass is 16.5. The average molecular weight is 279 g/mol. The third-order valence-electron chi connectivity index (χ3n) is 4.54. The van der Waals surface area contributed by atoms with E-state index < -0.39 is 6.10 Å². The van der Waals surface area contributed by atoms with E-state index in [9.17, 15) is 5.11 Å².